The van der Waals surface area contributed by atoms with Crippen LogP contribution in [0.4, 0.5) is 11.4 Å². The maximum Gasteiger partial charge on any atom is 0.264 e. The fourth-order valence-corrected chi connectivity index (χ4v) is 8.54. The molecule has 0 atom stereocenters. The van der Waals surface area contributed by atoms with Gasteiger partial charge < -0.3 is 0 Å². The summed E-state index contributed by atoms with van der Waals surface area (Å²) in [6, 6.07) is 8.26. The van der Waals surface area contributed by atoms with Gasteiger partial charge in [-0.05, 0) is 24.3 Å². The molecule has 3 rings (SSSR count). The maximum absolute atomic E-state index is 12.6. The van der Waals surface area contributed by atoms with Crippen LogP contribution in [0.15, 0.2) is 46.2 Å². The van der Waals surface area contributed by atoms with Gasteiger partial charge in [0.1, 0.15) is 18.5 Å². The number of nitrogens with one attached hydrogen (secondary N) is 2. The number of halogens is 4. The fraction of sp³-hybridized carbons (Fsp3) is 0. The first-order valence-electron chi connectivity index (χ1n) is 7.04. The van der Waals surface area contributed by atoms with Crippen LogP contribution < -0.4 is 9.44 Å². The average molecular weight is 538 g/mol. The minimum absolute atomic E-state index is 0.0121. The predicted octanol–water partition coefficient (Wildman–Crippen LogP) is 6.02. The summed E-state index contributed by atoms with van der Waals surface area (Å²) < 4.78 is 55.4. The van der Waals surface area contributed by atoms with Crippen LogP contribution in [-0.2, 0) is 20.0 Å². The first-order chi connectivity index (χ1) is 13.0. The summed E-state index contributed by atoms with van der Waals surface area (Å²) in [5.41, 5.74) is -0.0242. The molecule has 0 saturated heterocycles. The lowest BCUT2D eigenvalue weighted by Gasteiger charge is -2.14. The third-order valence-electron chi connectivity index (χ3n) is 3.25. The van der Waals surface area contributed by atoms with Crippen LogP contribution in [0.1, 0.15) is 0 Å². The van der Waals surface area contributed by atoms with Gasteiger partial charge in [-0.2, -0.15) is 0 Å². The van der Waals surface area contributed by atoms with Crippen LogP contribution >= 0.6 is 69.1 Å². The third kappa shape index (κ3) is 4.71. The van der Waals surface area contributed by atoms with Crippen molar-refractivity contribution in [3.05, 3.63) is 53.7 Å². The molecule has 2 heterocycles. The Bertz CT molecular complexity index is 1150. The summed E-state index contributed by atoms with van der Waals surface area (Å²) in [5.74, 6) is 0. The van der Waals surface area contributed by atoms with E-state index in [0.717, 1.165) is 22.7 Å². The Morgan fingerprint density at radius 3 is 1.32 bits per heavy atom. The van der Waals surface area contributed by atoms with Crippen LogP contribution in [0.3, 0.4) is 0 Å². The zero-order chi connectivity index (χ0) is 20.7. The molecule has 0 aliphatic carbocycles. The molecule has 0 aliphatic rings. The van der Waals surface area contributed by atoms with Gasteiger partial charge in [0.15, 0.2) is 0 Å². The molecule has 0 fully saturated rings. The smallest absolute Gasteiger partial charge is 0.264 e. The summed E-state index contributed by atoms with van der Waals surface area (Å²) in [6.07, 6.45) is 0. The summed E-state index contributed by atoms with van der Waals surface area (Å²) in [6.45, 7) is 0. The molecule has 0 radical (unpaired) electrons. The summed E-state index contributed by atoms with van der Waals surface area (Å²) in [4.78, 5) is -0.427. The molecule has 0 saturated carbocycles. The molecular formula is C14H8Cl4N2O4S4. The number of hydrogen-bond donors (Lipinski definition) is 2. The molecule has 3 aromatic rings. The van der Waals surface area contributed by atoms with Gasteiger partial charge in [0.25, 0.3) is 20.0 Å². The van der Waals surface area contributed by atoms with Crippen molar-refractivity contribution in [3.8, 4) is 0 Å². The highest BCUT2D eigenvalue weighted by Gasteiger charge is 2.25. The molecule has 150 valence electrons. The summed E-state index contributed by atoms with van der Waals surface area (Å²) in [7, 11) is -8.21. The third-order valence-corrected chi connectivity index (χ3v) is 9.48. The van der Waals surface area contributed by atoms with Crippen LogP contribution in [0.5, 0.6) is 0 Å². The number of thiophene rings is 2. The Kier molecular flexibility index (Phi) is 6.43. The zero-order valence-corrected chi connectivity index (χ0v) is 19.5. The number of anilines is 2. The normalized spacial score (nSPS) is 12.1. The highest BCUT2D eigenvalue weighted by Crippen LogP contribution is 2.38. The first-order valence-corrected chi connectivity index (χ1v) is 13.1. The van der Waals surface area contributed by atoms with Gasteiger partial charge in [-0.3, -0.25) is 9.44 Å². The standard InChI is InChI=1S/C14H8Cl4N2O4S4/c15-11-5-9(13(17)25-11)27(21,22)19-7-3-1-2-4-8(7)20-28(23,24)10-6-12(16)26-14(10)18/h1-6,19-20H. The van der Waals surface area contributed by atoms with Crippen molar-refractivity contribution in [2.75, 3.05) is 9.44 Å². The Balaban J connectivity index is 1.96. The second kappa shape index (κ2) is 8.19. The number of hydrogen-bond acceptors (Lipinski definition) is 6. The lowest BCUT2D eigenvalue weighted by atomic mass is 10.3. The zero-order valence-electron chi connectivity index (χ0n) is 13.2. The molecule has 1 aromatic carbocycles. The van der Waals surface area contributed by atoms with Crippen molar-refractivity contribution >= 4 is 100 Å². The van der Waals surface area contributed by atoms with Crippen molar-refractivity contribution in [3.63, 3.8) is 0 Å². The molecule has 2 aromatic heterocycles. The summed E-state index contributed by atoms with van der Waals surface area (Å²) in [5, 5.41) is 0. The van der Waals surface area contributed by atoms with E-state index in [1.807, 2.05) is 0 Å². The number of para-hydroxylation sites is 2. The Morgan fingerprint density at radius 1 is 0.679 bits per heavy atom. The van der Waals surface area contributed by atoms with Crippen LogP contribution in [0.25, 0.3) is 0 Å². The molecular weight excluding hydrogens is 530 g/mol. The van der Waals surface area contributed by atoms with E-state index in [1.165, 1.54) is 36.4 Å². The van der Waals surface area contributed by atoms with Crippen LogP contribution in [-0.4, -0.2) is 16.8 Å². The molecule has 0 unspecified atom stereocenters. The van der Waals surface area contributed by atoms with E-state index < -0.39 is 20.0 Å². The van der Waals surface area contributed by atoms with Gasteiger partial charge in [0, 0.05) is 0 Å². The van der Waals surface area contributed by atoms with Gasteiger partial charge in [0.05, 0.1) is 20.0 Å². The summed E-state index contributed by atoms with van der Waals surface area (Å²) >= 11 is 25.2. The highest BCUT2D eigenvalue weighted by atomic mass is 35.5. The van der Waals surface area contributed by atoms with E-state index in [2.05, 4.69) is 9.44 Å². The van der Waals surface area contributed by atoms with Crippen molar-refractivity contribution < 1.29 is 16.8 Å². The molecule has 2 N–H and O–H groups in total. The van der Waals surface area contributed by atoms with Gasteiger partial charge in [-0.15, -0.1) is 22.7 Å². The number of rotatable bonds is 6. The van der Waals surface area contributed by atoms with Gasteiger partial charge in [-0.25, -0.2) is 16.8 Å². The van der Waals surface area contributed by atoms with E-state index >= 15 is 0 Å². The predicted molar refractivity (Wildman–Crippen MR) is 117 cm³/mol. The lowest BCUT2D eigenvalue weighted by Crippen LogP contribution is -2.17. The van der Waals surface area contributed by atoms with Crippen LogP contribution in [0.2, 0.25) is 17.3 Å². The minimum atomic E-state index is -4.11. The van der Waals surface area contributed by atoms with Crippen LogP contribution in [0, 0.1) is 0 Å². The molecule has 0 amide bonds. The van der Waals surface area contributed by atoms with Gasteiger partial charge in [0.2, 0.25) is 0 Å². The highest BCUT2D eigenvalue weighted by molar-refractivity contribution is 7.93. The minimum Gasteiger partial charge on any atom is -0.277 e. The van der Waals surface area contributed by atoms with Gasteiger partial charge >= 0.3 is 0 Å². The topological polar surface area (TPSA) is 92.3 Å². The molecule has 0 bridgehead atoms. The second-order valence-electron chi connectivity index (χ2n) is 5.13. The van der Waals surface area contributed by atoms with E-state index in [9.17, 15) is 16.8 Å². The monoisotopic (exact) mass is 536 g/mol. The molecule has 0 aliphatic heterocycles. The van der Waals surface area contributed by atoms with E-state index in [4.69, 9.17) is 46.4 Å². The molecule has 14 heteroatoms. The second-order valence-corrected chi connectivity index (χ2v) is 13.0. The van der Waals surface area contributed by atoms with E-state index in [1.54, 1.807) is 0 Å². The van der Waals surface area contributed by atoms with Gasteiger partial charge in [-0.1, -0.05) is 58.5 Å². The number of sulfonamides is 2. The van der Waals surface area contributed by atoms with Crippen molar-refractivity contribution in [1.82, 2.24) is 0 Å². The largest absolute Gasteiger partial charge is 0.277 e. The van der Waals surface area contributed by atoms with Crippen molar-refractivity contribution in [2.45, 2.75) is 9.79 Å². The molecule has 0 spiro atoms. The lowest BCUT2D eigenvalue weighted by molar-refractivity contribution is 0.599. The Labute approximate surface area is 189 Å². The first kappa shape index (κ1) is 22.0. The van der Waals surface area contributed by atoms with E-state index in [-0.39, 0.29) is 38.5 Å². The van der Waals surface area contributed by atoms with Crippen molar-refractivity contribution in [1.29, 1.82) is 0 Å². The molecule has 6 nitrogen and oxygen atoms in total. The fourth-order valence-electron chi connectivity index (χ4n) is 2.08. The number of benzene rings is 1. The SMILES string of the molecule is O=S(=O)(Nc1ccccc1NS(=O)(=O)c1cc(Cl)sc1Cl)c1cc(Cl)sc1Cl. The maximum atomic E-state index is 12.6. The quantitative estimate of drug-likeness (QED) is 0.401. The Hall–Kier alpha value is -0.720. The molecule has 28 heavy (non-hydrogen) atoms. The van der Waals surface area contributed by atoms with E-state index in [0.29, 0.717) is 0 Å². The average Bonchev–Trinajstić information content (AvgIpc) is 3.10. The van der Waals surface area contributed by atoms with Crippen molar-refractivity contribution in [2.24, 2.45) is 0 Å². The Morgan fingerprint density at radius 2 is 1.04 bits per heavy atom.